The van der Waals surface area contributed by atoms with Crippen molar-refractivity contribution < 1.29 is 58.3 Å². The van der Waals surface area contributed by atoms with E-state index < -0.39 is 63.1 Å². The summed E-state index contributed by atoms with van der Waals surface area (Å²) in [5, 5.41) is 50.2. The number of aliphatic hydroxyl groups excluding tert-OH is 5. The number of ether oxygens (including phenoxy) is 2. The molecular formula is C51H83O12P. The lowest BCUT2D eigenvalue weighted by molar-refractivity contribution is -0.220. The van der Waals surface area contributed by atoms with E-state index >= 15 is 0 Å². The molecule has 364 valence electrons. The van der Waals surface area contributed by atoms with E-state index in [1.807, 2.05) is 0 Å². The van der Waals surface area contributed by atoms with E-state index in [-0.39, 0.29) is 13.0 Å². The number of phosphoric ester groups is 1. The van der Waals surface area contributed by atoms with Crippen LogP contribution in [0.25, 0.3) is 0 Å². The molecule has 13 heteroatoms. The minimum Gasteiger partial charge on any atom is -0.457 e. The highest BCUT2D eigenvalue weighted by atomic mass is 31.2. The van der Waals surface area contributed by atoms with Crippen molar-refractivity contribution in [3.05, 3.63) is 109 Å². The van der Waals surface area contributed by atoms with Gasteiger partial charge in [0.25, 0.3) is 0 Å². The summed E-state index contributed by atoms with van der Waals surface area (Å²) in [5.74, 6) is -0.516. The predicted molar refractivity (Wildman–Crippen MR) is 257 cm³/mol. The standard InChI is InChI=1S/C51H83O12P/c1-3-5-7-9-11-13-15-17-19-20-21-22-23-24-25-26-27-28-30-32-34-36-38-40-45(52)62-44(42-60-41-39-37-35-33-31-29-18-16-14-12-10-8-6-4-2)43-61-64(58,59)63-51-49(56)47(54)46(53)48(55)50(51)57/h5-8,11-14,17-19,21-22,24-25,27-29,44,46-51,53-57H,3-4,9-10,15-16,20,23,26,30-43H2,1-2H3,(H,58,59)/b7-5-,8-6-,13-11-,14-12-,19-17-,22-21-,25-24-,28-27-,29-18-. The Morgan fingerprint density at radius 1 is 0.500 bits per heavy atom. The van der Waals surface area contributed by atoms with Crippen molar-refractivity contribution in [1.29, 1.82) is 0 Å². The van der Waals surface area contributed by atoms with Crippen molar-refractivity contribution in [3.8, 4) is 0 Å². The Hall–Kier alpha value is -3.00. The number of hydrogen-bond donors (Lipinski definition) is 6. The number of esters is 1. The zero-order valence-corrected chi connectivity index (χ0v) is 39.7. The number of unbranched alkanes of at least 4 members (excludes halogenated alkanes) is 8. The minimum absolute atomic E-state index is 0.111. The van der Waals surface area contributed by atoms with Crippen LogP contribution in [0.1, 0.15) is 142 Å². The first-order chi connectivity index (χ1) is 31.0. The third-order valence-corrected chi connectivity index (χ3v) is 11.1. The molecule has 1 saturated carbocycles. The van der Waals surface area contributed by atoms with Crippen LogP contribution < -0.4 is 0 Å². The first-order valence-corrected chi connectivity index (χ1v) is 25.2. The number of hydrogen-bond acceptors (Lipinski definition) is 11. The number of rotatable bonds is 38. The van der Waals surface area contributed by atoms with Gasteiger partial charge in [0.2, 0.25) is 0 Å². The molecule has 0 spiro atoms. The Balaban J connectivity index is 2.42. The van der Waals surface area contributed by atoms with Crippen molar-refractivity contribution >= 4 is 13.8 Å². The molecule has 1 rings (SSSR count). The second-order valence-electron chi connectivity index (χ2n) is 15.8. The Labute approximate surface area is 385 Å². The van der Waals surface area contributed by atoms with Gasteiger partial charge in [0, 0.05) is 13.0 Å². The highest BCUT2D eigenvalue weighted by molar-refractivity contribution is 7.47. The quantitative estimate of drug-likeness (QED) is 0.0149. The molecule has 0 aromatic rings. The van der Waals surface area contributed by atoms with Crippen molar-refractivity contribution in [2.45, 2.75) is 185 Å². The van der Waals surface area contributed by atoms with Crippen LogP contribution in [0.5, 0.6) is 0 Å². The second-order valence-corrected chi connectivity index (χ2v) is 17.2. The smallest absolute Gasteiger partial charge is 0.457 e. The van der Waals surface area contributed by atoms with E-state index in [0.29, 0.717) is 13.0 Å². The van der Waals surface area contributed by atoms with Crippen LogP contribution in [0.2, 0.25) is 0 Å². The lowest BCUT2D eigenvalue weighted by atomic mass is 9.85. The minimum atomic E-state index is -5.04. The van der Waals surface area contributed by atoms with E-state index in [1.54, 1.807) is 0 Å². The highest BCUT2D eigenvalue weighted by Gasteiger charge is 2.51. The summed E-state index contributed by atoms with van der Waals surface area (Å²) < 4.78 is 34.1. The summed E-state index contributed by atoms with van der Waals surface area (Å²) in [7, 11) is -5.04. The molecule has 1 fully saturated rings. The number of carbonyl (C=O) groups is 1. The molecule has 0 saturated heterocycles. The van der Waals surface area contributed by atoms with E-state index in [4.69, 9.17) is 18.5 Å². The normalized spacial score (nSPS) is 22.7. The van der Waals surface area contributed by atoms with Gasteiger partial charge in [-0.1, -0.05) is 149 Å². The van der Waals surface area contributed by atoms with Crippen LogP contribution in [0, 0.1) is 0 Å². The van der Waals surface area contributed by atoms with Gasteiger partial charge >= 0.3 is 13.8 Å². The van der Waals surface area contributed by atoms with Gasteiger partial charge in [-0.3, -0.25) is 13.8 Å². The summed E-state index contributed by atoms with van der Waals surface area (Å²) >= 11 is 0. The van der Waals surface area contributed by atoms with Gasteiger partial charge in [-0.05, 0) is 96.3 Å². The van der Waals surface area contributed by atoms with Crippen LogP contribution in [-0.4, -0.2) is 98.9 Å². The first-order valence-electron chi connectivity index (χ1n) is 23.7. The fourth-order valence-corrected chi connectivity index (χ4v) is 7.40. The number of phosphoric acid groups is 1. The summed E-state index contributed by atoms with van der Waals surface area (Å²) in [5.41, 5.74) is 0. The summed E-state index contributed by atoms with van der Waals surface area (Å²) in [6.07, 6.45) is 44.4. The van der Waals surface area contributed by atoms with Crippen molar-refractivity contribution in [3.63, 3.8) is 0 Å². The molecule has 0 radical (unpaired) electrons. The Bertz CT molecular complexity index is 1470. The van der Waals surface area contributed by atoms with Crippen molar-refractivity contribution in [2.24, 2.45) is 0 Å². The molecule has 6 N–H and O–H groups in total. The lowest BCUT2D eigenvalue weighted by Crippen LogP contribution is -2.64. The number of aliphatic hydroxyl groups is 5. The fraction of sp³-hybridized carbons (Fsp3) is 0.627. The summed E-state index contributed by atoms with van der Waals surface area (Å²) in [6, 6.07) is 0. The third-order valence-electron chi connectivity index (χ3n) is 10.1. The van der Waals surface area contributed by atoms with Gasteiger partial charge < -0.3 is 39.9 Å². The molecular weight excluding hydrogens is 836 g/mol. The monoisotopic (exact) mass is 919 g/mol. The zero-order valence-electron chi connectivity index (χ0n) is 38.8. The third kappa shape index (κ3) is 31.8. The molecule has 0 aliphatic heterocycles. The van der Waals surface area contributed by atoms with Crippen LogP contribution in [0.15, 0.2) is 109 Å². The maximum Gasteiger partial charge on any atom is 0.472 e. The van der Waals surface area contributed by atoms with Gasteiger partial charge in [-0.25, -0.2) is 4.57 Å². The topological polar surface area (TPSA) is 192 Å². The molecule has 0 aromatic heterocycles. The molecule has 6 atom stereocenters. The van der Waals surface area contributed by atoms with Gasteiger partial charge in [0.05, 0.1) is 13.2 Å². The molecule has 64 heavy (non-hydrogen) atoms. The van der Waals surface area contributed by atoms with Crippen LogP contribution in [0.4, 0.5) is 0 Å². The fourth-order valence-electron chi connectivity index (χ4n) is 6.43. The predicted octanol–water partition coefficient (Wildman–Crippen LogP) is 10.1. The Morgan fingerprint density at radius 2 is 0.875 bits per heavy atom. The zero-order chi connectivity index (χ0) is 46.9. The van der Waals surface area contributed by atoms with Crippen molar-refractivity contribution in [1.82, 2.24) is 0 Å². The highest BCUT2D eigenvalue weighted by Crippen LogP contribution is 2.47. The molecule has 0 bridgehead atoms. The van der Waals surface area contributed by atoms with Crippen LogP contribution >= 0.6 is 7.82 Å². The maximum atomic E-state index is 12.8. The van der Waals surface area contributed by atoms with Gasteiger partial charge in [-0.15, -0.1) is 0 Å². The average Bonchev–Trinajstić information content (AvgIpc) is 3.28. The van der Waals surface area contributed by atoms with Gasteiger partial charge in [-0.2, -0.15) is 0 Å². The van der Waals surface area contributed by atoms with E-state index in [1.165, 1.54) is 0 Å². The summed E-state index contributed by atoms with van der Waals surface area (Å²) in [6.45, 7) is 3.93. The molecule has 6 unspecified atom stereocenters. The molecule has 0 heterocycles. The SMILES string of the molecule is CC/C=C\C/C=C\C/C=C\C/C=C\C/C=C\C/C=C\CCCCCCC(=O)OC(COCCCCCC/C=C\C/C=C\C/C=C\CC)COP(=O)(O)OC1C(O)C(O)C(O)C(O)C1O. The maximum absolute atomic E-state index is 12.8. The second kappa shape index (κ2) is 40.3. The largest absolute Gasteiger partial charge is 0.472 e. The van der Waals surface area contributed by atoms with Gasteiger partial charge in [0.15, 0.2) is 0 Å². The lowest BCUT2D eigenvalue weighted by Gasteiger charge is -2.41. The summed E-state index contributed by atoms with van der Waals surface area (Å²) in [4.78, 5) is 23.2. The molecule has 1 aliphatic rings. The van der Waals surface area contributed by atoms with E-state index in [9.17, 15) is 39.8 Å². The van der Waals surface area contributed by atoms with Crippen LogP contribution in [0.3, 0.4) is 0 Å². The first kappa shape index (κ1) is 59.0. The Morgan fingerprint density at radius 3 is 1.31 bits per heavy atom. The number of carbonyl (C=O) groups excluding carboxylic acids is 1. The number of allylic oxidation sites excluding steroid dienone is 18. The van der Waals surface area contributed by atoms with Crippen LogP contribution in [-0.2, 0) is 27.9 Å². The van der Waals surface area contributed by atoms with E-state index in [2.05, 4.69) is 123 Å². The molecule has 0 aromatic carbocycles. The average molecular weight is 919 g/mol. The van der Waals surface area contributed by atoms with Crippen molar-refractivity contribution in [2.75, 3.05) is 19.8 Å². The molecule has 1 aliphatic carbocycles. The van der Waals surface area contributed by atoms with E-state index in [0.717, 1.165) is 116 Å². The Kier molecular flexibility index (Phi) is 37.2. The van der Waals surface area contributed by atoms with Gasteiger partial charge in [0.1, 0.15) is 42.7 Å². The molecule has 0 amide bonds. The molecule has 12 nitrogen and oxygen atoms in total.